The number of carbonyl (C=O) groups excluding carboxylic acids is 3. The van der Waals surface area contributed by atoms with Crippen LogP contribution in [-0.4, -0.2) is 71.4 Å². The van der Waals surface area contributed by atoms with E-state index in [9.17, 15) is 29.4 Å². The number of aliphatic carboxylic acids is 1. The summed E-state index contributed by atoms with van der Waals surface area (Å²) in [5.41, 5.74) is 0.995. The predicted octanol–water partition coefficient (Wildman–Crippen LogP) is 2.07. The lowest BCUT2D eigenvalue weighted by Crippen LogP contribution is -2.63. The zero-order valence-electron chi connectivity index (χ0n) is 21.3. The van der Waals surface area contributed by atoms with Crippen LogP contribution in [0.2, 0.25) is 0 Å². The maximum Gasteiger partial charge on any atom is 0.335 e. The van der Waals surface area contributed by atoms with Gasteiger partial charge in [0.1, 0.15) is 11.9 Å². The molecule has 1 heterocycles. The summed E-state index contributed by atoms with van der Waals surface area (Å²) in [4.78, 5) is 47.8. The quantitative estimate of drug-likeness (QED) is 0.270. The number of carboxylic acids is 1. The third kappa shape index (κ3) is 7.66. The molecule has 1 aliphatic heterocycles. The first-order valence-corrected chi connectivity index (χ1v) is 11.5. The van der Waals surface area contributed by atoms with Crippen molar-refractivity contribution in [3.63, 3.8) is 0 Å². The van der Waals surface area contributed by atoms with Gasteiger partial charge in [-0.1, -0.05) is 12.1 Å². The molecule has 0 amide bonds. The van der Waals surface area contributed by atoms with E-state index in [4.69, 9.17) is 23.7 Å². The topological polar surface area (TPSA) is 155 Å². The molecule has 2 rings (SSSR count). The van der Waals surface area contributed by atoms with Gasteiger partial charge in [0.05, 0.1) is 12.0 Å². The highest BCUT2D eigenvalue weighted by Gasteiger charge is 2.54. The van der Waals surface area contributed by atoms with Gasteiger partial charge in [0.2, 0.25) is 12.4 Å². The molecular weight excluding hydrogens is 476 g/mol. The van der Waals surface area contributed by atoms with E-state index in [0.717, 1.165) is 30.7 Å². The minimum absolute atomic E-state index is 0.346. The third-order valence-electron chi connectivity index (χ3n) is 5.69. The summed E-state index contributed by atoms with van der Waals surface area (Å²) in [6.45, 7) is 9.59. The van der Waals surface area contributed by atoms with E-state index in [2.05, 4.69) is 0 Å². The smallest absolute Gasteiger partial charge is 0.335 e. The lowest BCUT2D eigenvalue weighted by atomic mass is 9.88. The van der Waals surface area contributed by atoms with Crippen molar-refractivity contribution in [2.75, 3.05) is 6.61 Å². The molecule has 1 aromatic rings. The number of hydrogen-bond donors (Lipinski definition) is 2. The number of hydrogen-bond acceptors (Lipinski definition) is 10. The van der Waals surface area contributed by atoms with Gasteiger partial charge in [0, 0.05) is 13.8 Å². The Kier molecular flexibility index (Phi) is 9.83. The maximum atomic E-state index is 13.0. The van der Waals surface area contributed by atoms with Crippen LogP contribution in [0.4, 0.5) is 0 Å². The Morgan fingerprint density at radius 2 is 1.61 bits per heavy atom. The van der Waals surface area contributed by atoms with Gasteiger partial charge in [-0.15, -0.1) is 0 Å². The zero-order chi connectivity index (χ0) is 27.2. The van der Waals surface area contributed by atoms with Gasteiger partial charge >= 0.3 is 23.9 Å². The average Bonchev–Trinajstić information content (AvgIpc) is 2.76. The van der Waals surface area contributed by atoms with E-state index in [0.29, 0.717) is 19.4 Å². The first kappa shape index (κ1) is 29.1. The highest BCUT2D eigenvalue weighted by atomic mass is 16.7. The monoisotopic (exact) mass is 510 g/mol. The van der Waals surface area contributed by atoms with Crippen LogP contribution in [0.1, 0.15) is 51.7 Å². The molecule has 1 fully saturated rings. The van der Waals surface area contributed by atoms with Gasteiger partial charge < -0.3 is 33.9 Å². The van der Waals surface area contributed by atoms with Crippen LogP contribution in [0.15, 0.2) is 18.2 Å². The summed E-state index contributed by atoms with van der Waals surface area (Å²) in [6.07, 6.45) is -7.87. The first-order chi connectivity index (χ1) is 16.7. The Morgan fingerprint density at radius 3 is 2.19 bits per heavy atom. The molecule has 200 valence electrons. The van der Waals surface area contributed by atoms with Crippen LogP contribution in [-0.2, 0) is 38.1 Å². The molecule has 0 radical (unpaired) electrons. The molecule has 1 saturated heterocycles. The molecule has 0 spiro atoms. The Hall–Kier alpha value is -3.18. The number of aliphatic hydroxyl groups is 1. The number of benzene rings is 1. The van der Waals surface area contributed by atoms with E-state index in [-0.39, 0.29) is 0 Å². The number of rotatable bonds is 10. The molecule has 11 nitrogen and oxygen atoms in total. The summed E-state index contributed by atoms with van der Waals surface area (Å²) in [5.74, 6) is -3.30. The van der Waals surface area contributed by atoms with Crippen LogP contribution >= 0.6 is 0 Å². The predicted molar refractivity (Wildman–Crippen MR) is 124 cm³/mol. The largest absolute Gasteiger partial charge is 0.493 e. The van der Waals surface area contributed by atoms with Crippen LogP contribution in [0.25, 0.3) is 0 Å². The Labute approximate surface area is 209 Å². The van der Waals surface area contributed by atoms with Crippen LogP contribution in [0, 0.1) is 19.3 Å². The fourth-order valence-electron chi connectivity index (χ4n) is 3.69. The Balaban J connectivity index is 2.10. The van der Waals surface area contributed by atoms with Crippen molar-refractivity contribution in [3.05, 3.63) is 29.3 Å². The number of aryl methyl sites for hydroxylation is 2. The lowest BCUT2D eigenvalue weighted by Gasteiger charge is -2.41. The number of ether oxygens (including phenoxy) is 5. The fourth-order valence-corrected chi connectivity index (χ4v) is 3.69. The molecule has 0 saturated carbocycles. The minimum Gasteiger partial charge on any atom is -0.493 e. The SMILES string of the molecule is CC(=O)O[C@H]1[C@H](OC(=O)C(C)(C)CCCOc2cc(C)ccc2C)O[C@H](C(=O)O)[C@@H](O)[C@@H]1OC(C)=O. The summed E-state index contributed by atoms with van der Waals surface area (Å²) in [7, 11) is 0. The molecule has 2 N–H and O–H groups in total. The van der Waals surface area contributed by atoms with Crippen LogP contribution < -0.4 is 4.74 Å². The van der Waals surface area contributed by atoms with Gasteiger partial charge in [-0.2, -0.15) is 0 Å². The van der Waals surface area contributed by atoms with E-state index in [1.165, 1.54) is 0 Å². The summed E-state index contributed by atoms with van der Waals surface area (Å²) in [6, 6.07) is 5.87. The summed E-state index contributed by atoms with van der Waals surface area (Å²) >= 11 is 0. The molecule has 1 aromatic carbocycles. The molecule has 0 unspecified atom stereocenters. The molecule has 11 heteroatoms. The molecule has 0 aromatic heterocycles. The first-order valence-electron chi connectivity index (χ1n) is 11.5. The second-order valence-electron chi connectivity index (χ2n) is 9.41. The van der Waals surface area contributed by atoms with Crippen molar-refractivity contribution in [1.82, 2.24) is 0 Å². The minimum atomic E-state index is -1.90. The number of esters is 3. The van der Waals surface area contributed by atoms with Gasteiger partial charge in [-0.25, -0.2) is 4.79 Å². The van der Waals surface area contributed by atoms with Gasteiger partial charge in [0.15, 0.2) is 12.2 Å². The van der Waals surface area contributed by atoms with Gasteiger partial charge in [0.25, 0.3) is 0 Å². The number of carboxylic acid groups (broad SMARTS) is 1. The van der Waals surface area contributed by atoms with Crippen molar-refractivity contribution in [3.8, 4) is 5.75 Å². The summed E-state index contributed by atoms with van der Waals surface area (Å²) in [5, 5.41) is 19.8. The Morgan fingerprint density at radius 1 is 1.00 bits per heavy atom. The molecule has 0 bridgehead atoms. The van der Waals surface area contributed by atoms with E-state index < -0.39 is 60.0 Å². The zero-order valence-corrected chi connectivity index (χ0v) is 21.3. The normalized spacial score (nSPS) is 23.9. The van der Waals surface area contributed by atoms with Crippen LogP contribution in [0.5, 0.6) is 5.75 Å². The molecule has 36 heavy (non-hydrogen) atoms. The maximum absolute atomic E-state index is 13.0. The Bertz CT molecular complexity index is 971. The van der Waals surface area contributed by atoms with Crippen molar-refractivity contribution in [2.45, 2.75) is 85.1 Å². The molecule has 5 atom stereocenters. The number of aliphatic hydroxyl groups excluding tert-OH is 1. The highest BCUT2D eigenvalue weighted by Crippen LogP contribution is 2.31. The summed E-state index contributed by atoms with van der Waals surface area (Å²) < 4.78 is 26.6. The number of carbonyl (C=O) groups is 4. The third-order valence-corrected chi connectivity index (χ3v) is 5.69. The fraction of sp³-hybridized carbons (Fsp3) is 0.600. The van der Waals surface area contributed by atoms with Crippen molar-refractivity contribution in [1.29, 1.82) is 0 Å². The van der Waals surface area contributed by atoms with Crippen molar-refractivity contribution in [2.24, 2.45) is 5.41 Å². The standard InChI is InChI=1S/C25H34O11/c1-13-8-9-14(2)17(12-13)32-11-7-10-25(5,6)24(31)36-23-21(34-16(4)27)19(33-15(3)26)18(28)20(35-23)22(29)30/h8-9,12,18-21,23,28H,7,10-11H2,1-6H3,(H,29,30)/t18-,19-,20-,21+,23-/m0/s1. The highest BCUT2D eigenvalue weighted by molar-refractivity contribution is 5.77. The van der Waals surface area contributed by atoms with Crippen LogP contribution in [0.3, 0.4) is 0 Å². The van der Waals surface area contributed by atoms with Crippen molar-refractivity contribution >= 4 is 23.9 Å². The molecule has 1 aliphatic rings. The van der Waals surface area contributed by atoms with E-state index in [1.807, 2.05) is 32.0 Å². The van der Waals surface area contributed by atoms with E-state index in [1.54, 1.807) is 13.8 Å². The van der Waals surface area contributed by atoms with Gasteiger partial charge in [-0.3, -0.25) is 14.4 Å². The van der Waals surface area contributed by atoms with Gasteiger partial charge in [-0.05, 0) is 57.7 Å². The second-order valence-corrected chi connectivity index (χ2v) is 9.41. The second kappa shape index (κ2) is 12.2. The molecule has 0 aliphatic carbocycles. The average molecular weight is 511 g/mol. The van der Waals surface area contributed by atoms with Crippen molar-refractivity contribution < 1.29 is 53.1 Å². The molecular formula is C25H34O11. The lowest BCUT2D eigenvalue weighted by molar-refractivity contribution is -0.294. The van der Waals surface area contributed by atoms with E-state index >= 15 is 0 Å².